The van der Waals surface area contributed by atoms with E-state index in [0.29, 0.717) is 15.6 Å². The van der Waals surface area contributed by atoms with Crippen LogP contribution in [-0.2, 0) is 0 Å². The van der Waals surface area contributed by atoms with Crippen LogP contribution in [0.1, 0.15) is 41.5 Å². The van der Waals surface area contributed by atoms with Crippen molar-refractivity contribution in [2.24, 2.45) is 0 Å². The van der Waals surface area contributed by atoms with Crippen molar-refractivity contribution in [2.75, 3.05) is 4.90 Å². The molecule has 1 aromatic heterocycles. The van der Waals surface area contributed by atoms with Gasteiger partial charge in [0.2, 0.25) is 5.95 Å². The highest BCUT2D eigenvalue weighted by Gasteiger charge is 2.35. The fourth-order valence-electron chi connectivity index (χ4n) is 2.86. The number of para-hydroxylation sites is 1. The maximum absolute atomic E-state index is 12.4. The van der Waals surface area contributed by atoms with Gasteiger partial charge >= 0.3 is 0 Å². The maximum atomic E-state index is 12.4. The van der Waals surface area contributed by atoms with E-state index in [1.807, 2.05) is 52.5 Å². The van der Waals surface area contributed by atoms with Crippen LogP contribution in [0.3, 0.4) is 0 Å². The molecule has 5 nitrogen and oxygen atoms in total. The van der Waals surface area contributed by atoms with Crippen LogP contribution in [0.25, 0.3) is 10.9 Å². The zero-order valence-electron chi connectivity index (χ0n) is 13.5. The van der Waals surface area contributed by atoms with Gasteiger partial charge in [-0.2, -0.15) is 0 Å². The topological polar surface area (TPSA) is 58.4 Å². The first-order valence-corrected chi connectivity index (χ1v) is 7.05. The first-order valence-electron chi connectivity index (χ1n) is 7.05. The highest BCUT2D eigenvalue weighted by Crippen LogP contribution is 2.30. The van der Waals surface area contributed by atoms with Crippen molar-refractivity contribution < 1.29 is 5.21 Å². The molecule has 0 fully saturated rings. The highest BCUT2D eigenvalue weighted by molar-refractivity contribution is 5.78. The van der Waals surface area contributed by atoms with Gasteiger partial charge in [-0.3, -0.25) is 4.79 Å². The molecule has 1 heterocycles. The van der Waals surface area contributed by atoms with Crippen molar-refractivity contribution in [1.82, 2.24) is 9.71 Å². The standard InChI is InChI=1S/C16H23N3O2/c1-15(2,3)19(16(4,5)6)14-17-12-10-8-7-9-11(12)13(20)18(14)21/h7-10,21H,1-6H3. The van der Waals surface area contributed by atoms with Gasteiger partial charge in [0, 0.05) is 11.1 Å². The van der Waals surface area contributed by atoms with Crippen molar-refractivity contribution in [1.29, 1.82) is 0 Å². The lowest BCUT2D eigenvalue weighted by atomic mass is 9.96. The van der Waals surface area contributed by atoms with Gasteiger partial charge in [0.05, 0.1) is 10.9 Å². The predicted octanol–water partition coefficient (Wildman–Crippen LogP) is 3.04. The van der Waals surface area contributed by atoms with Gasteiger partial charge < -0.3 is 10.1 Å². The third kappa shape index (κ3) is 2.73. The molecule has 0 unspecified atom stereocenters. The molecule has 0 atom stereocenters. The summed E-state index contributed by atoms with van der Waals surface area (Å²) >= 11 is 0. The zero-order valence-corrected chi connectivity index (χ0v) is 13.5. The van der Waals surface area contributed by atoms with Crippen LogP contribution in [0.15, 0.2) is 29.1 Å². The van der Waals surface area contributed by atoms with Crippen LogP contribution in [-0.4, -0.2) is 26.0 Å². The minimum absolute atomic E-state index is 0.263. The number of nitrogens with zero attached hydrogens (tertiary/aromatic N) is 3. The van der Waals surface area contributed by atoms with Gasteiger partial charge in [-0.25, -0.2) is 4.98 Å². The van der Waals surface area contributed by atoms with Crippen LogP contribution in [0.2, 0.25) is 0 Å². The van der Waals surface area contributed by atoms with Crippen molar-refractivity contribution in [3.8, 4) is 0 Å². The summed E-state index contributed by atoms with van der Waals surface area (Å²) in [5.74, 6) is 0.263. The fraction of sp³-hybridized carbons (Fsp3) is 0.500. The molecule has 0 amide bonds. The molecule has 0 radical (unpaired) electrons. The smallest absolute Gasteiger partial charge is 0.295 e. The van der Waals surface area contributed by atoms with Gasteiger partial charge in [-0.05, 0) is 53.7 Å². The molecule has 0 spiro atoms. The zero-order chi connectivity index (χ0) is 16.0. The molecule has 0 aliphatic carbocycles. The molecule has 2 aromatic rings. The van der Waals surface area contributed by atoms with E-state index < -0.39 is 5.56 Å². The lowest BCUT2D eigenvalue weighted by molar-refractivity contribution is 0.168. The lowest BCUT2D eigenvalue weighted by Gasteiger charge is -2.46. The first-order chi connectivity index (χ1) is 9.53. The van der Waals surface area contributed by atoms with Gasteiger partial charge in [0.25, 0.3) is 5.56 Å². The minimum atomic E-state index is -0.450. The van der Waals surface area contributed by atoms with E-state index in [9.17, 15) is 10.0 Å². The van der Waals surface area contributed by atoms with Crippen LogP contribution in [0, 0.1) is 0 Å². The van der Waals surface area contributed by atoms with E-state index in [2.05, 4.69) is 4.98 Å². The Kier molecular flexibility index (Phi) is 3.48. The summed E-state index contributed by atoms with van der Waals surface area (Å²) in [6.45, 7) is 12.2. The number of hydrogen-bond donors (Lipinski definition) is 1. The van der Waals surface area contributed by atoms with E-state index in [1.165, 1.54) is 0 Å². The summed E-state index contributed by atoms with van der Waals surface area (Å²) in [6, 6.07) is 7.04. The second-order valence-corrected chi connectivity index (χ2v) is 7.22. The second-order valence-electron chi connectivity index (χ2n) is 7.22. The Hall–Kier alpha value is -2.04. The van der Waals surface area contributed by atoms with Crippen LogP contribution in [0.4, 0.5) is 5.95 Å². The SMILES string of the molecule is CC(C)(C)N(c1nc2ccccc2c(=O)n1O)C(C)(C)C. The van der Waals surface area contributed by atoms with Crippen molar-refractivity contribution in [3.63, 3.8) is 0 Å². The number of benzene rings is 1. The summed E-state index contributed by atoms with van der Waals surface area (Å²) in [6.07, 6.45) is 0. The molecule has 0 saturated heterocycles. The second kappa shape index (κ2) is 4.76. The Balaban J connectivity index is 2.81. The van der Waals surface area contributed by atoms with Gasteiger partial charge in [-0.1, -0.05) is 12.1 Å². The summed E-state index contributed by atoms with van der Waals surface area (Å²) in [5, 5.41) is 10.7. The molecule has 5 heteroatoms. The van der Waals surface area contributed by atoms with Crippen LogP contribution in [0.5, 0.6) is 0 Å². The molecule has 0 aliphatic heterocycles. The minimum Gasteiger partial charge on any atom is -0.422 e. The Bertz CT molecular complexity index is 707. The molecule has 0 saturated carbocycles. The van der Waals surface area contributed by atoms with E-state index in [0.717, 1.165) is 0 Å². The van der Waals surface area contributed by atoms with Crippen molar-refractivity contribution in [2.45, 2.75) is 52.6 Å². The molecular weight excluding hydrogens is 266 g/mol. The highest BCUT2D eigenvalue weighted by atomic mass is 16.5. The molecule has 1 aromatic carbocycles. The first kappa shape index (κ1) is 15.4. The van der Waals surface area contributed by atoms with Gasteiger partial charge in [-0.15, -0.1) is 4.73 Å². The Morgan fingerprint density at radius 2 is 1.57 bits per heavy atom. The average molecular weight is 289 g/mol. The Labute approximate surface area is 124 Å². The number of anilines is 1. The Morgan fingerprint density at radius 3 is 2.10 bits per heavy atom. The summed E-state index contributed by atoms with van der Waals surface area (Å²) in [4.78, 5) is 18.8. The molecule has 0 bridgehead atoms. The predicted molar refractivity (Wildman–Crippen MR) is 85.2 cm³/mol. The molecule has 114 valence electrons. The van der Waals surface area contributed by atoms with Crippen LogP contribution < -0.4 is 10.5 Å². The molecular formula is C16H23N3O2. The van der Waals surface area contributed by atoms with Crippen LogP contribution >= 0.6 is 0 Å². The Morgan fingerprint density at radius 1 is 1.05 bits per heavy atom. The summed E-state index contributed by atoms with van der Waals surface area (Å²) < 4.78 is 0.652. The van der Waals surface area contributed by atoms with E-state index in [-0.39, 0.29) is 17.0 Å². The summed E-state index contributed by atoms with van der Waals surface area (Å²) in [5.41, 5.74) is -0.467. The normalized spacial score (nSPS) is 12.7. The van der Waals surface area contributed by atoms with Gasteiger partial charge in [0.15, 0.2) is 0 Å². The van der Waals surface area contributed by atoms with Crippen molar-refractivity contribution >= 4 is 16.9 Å². The monoisotopic (exact) mass is 289 g/mol. The number of fused-ring (bicyclic) bond motifs is 1. The molecule has 0 aliphatic rings. The molecule has 21 heavy (non-hydrogen) atoms. The fourth-order valence-corrected chi connectivity index (χ4v) is 2.86. The van der Waals surface area contributed by atoms with E-state index in [4.69, 9.17) is 0 Å². The largest absolute Gasteiger partial charge is 0.422 e. The van der Waals surface area contributed by atoms with Gasteiger partial charge in [0.1, 0.15) is 0 Å². The average Bonchev–Trinajstić information content (AvgIpc) is 2.32. The van der Waals surface area contributed by atoms with Crippen molar-refractivity contribution in [3.05, 3.63) is 34.6 Å². The number of hydrogen-bond acceptors (Lipinski definition) is 4. The summed E-state index contributed by atoms with van der Waals surface area (Å²) in [7, 11) is 0. The molecule has 2 rings (SSSR count). The molecule has 1 N–H and O–H groups in total. The number of rotatable bonds is 1. The quantitative estimate of drug-likeness (QED) is 0.820. The third-order valence-corrected chi connectivity index (χ3v) is 3.28. The van der Waals surface area contributed by atoms with E-state index in [1.54, 1.807) is 18.2 Å². The maximum Gasteiger partial charge on any atom is 0.295 e. The van der Waals surface area contributed by atoms with E-state index >= 15 is 0 Å². The third-order valence-electron chi connectivity index (χ3n) is 3.28. The number of aromatic nitrogens is 2. The lowest BCUT2D eigenvalue weighted by Crippen LogP contribution is -2.55.